The number of hydrogen-bond donors (Lipinski definition) is 1. The third-order valence-electron chi connectivity index (χ3n) is 4.43. The number of nitrogens with zero attached hydrogens (tertiary/aromatic N) is 5. The maximum Gasteiger partial charge on any atom is 0.332 e. The Morgan fingerprint density at radius 1 is 1.11 bits per heavy atom. The molecule has 0 aliphatic heterocycles. The molecular weight excluding hydrogens is 376 g/mol. The minimum atomic E-state index is -0.421. The number of aromatic nitrogens is 4. The highest BCUT2D eigenvalue weighted by Gasteiger charge is 2.19. The van der Waals surface area contributed by atoms with E-state index in [9.17, 15) is 9.59 Å². The second-order valence-corrected chi connectivity index (χ2v) is 7.25. The molecule has 3 aromatic heterocycles. The van der Waals surface area contributed by atoms with Gasteiger partial charge in [0.25, 0.3) is 5.56 Å². The molecule has 0 fully saturated rings. The first-order chi connectivity index (χ1) is 13.6. The Balaban J connectivity index is 1.86. The van der Waals surface area contributed by atoms with E-state index >= 15 is 0 Å². The summed E-state index contributed by atoms with van der Waals surface area (Å²) in [5.41, 5.74) is 3.78. The molecule has 0 atom stereocenters. The molecule has 0 amide bonds. The predicted molar refractivity (Wildman–Crippen MR) is 111 cm³/mol. The first-order valence-corrected chi connectivity index (χ1v) is 9.47. The van der Waals surface area contributed by atoms with Crippen LogP contribution in [0.2, 0.25) is 0 Å². The summed E-state index contributed by atoms with van der Waals surface area (Å²) in [6.45, 7) is 0.418. The molecular formula is C19H18N6O2S. The van der Waals surface area contributed by atoms with Crippen LogP contribution in [0.4, 0.5) is 5.95 Å². The fraction of sp³-hybridized carbons (Fsp3) is 0.158. The van der Waals surface area contributed by atoms with Crippen molar-refractivity contribution in [2.45, 2.75) is 6.54 Å². The molecule has 1 aromatic carbocycles. The Bertz CT molecular complexity index is 1270. The van der Waals surface area contributed by atoms with Gasteiger partial charge in [-0.2, -0.15) is 10.1 Å². The maximum absolute atomic E-state index is 12.8. The average molecular weight is 394 g/mol. The van der Waals surface area contributed by atoms with Crippen molar-refractivity contribution in [2.24, 2.45) is 19.2 Å². The van der Waals surface area contributed by atoms with E-state index in [1.54, 1.807) is 29.2 Å². The molecule has 0 saturated heterocycles. The normalized spacial score (nSPS) is 11.5. The number of anilines is 1. The fourth-order valence-corrected chi connectivity index (χ4v) is 3.56. The molecule has 1 N–H and O–H groups in total. The number of thiophene rings is 1. The van der Waals surface area contributed by atoms with Gasteiger partial charge in [-0.15, -0.1) is 11.3 Å². The van der Waals surface area contributed by atoms with Crippen molar-refractivity contribution < 1.29 is 0 Å². The minimum absolute atomic E-state index is 0.317. The summed E-state index contributed by atoms with van der Waals surface area (Å²) in [7, 11) is 3.06. The van der Waals surface area contributed by atoms with Gasteiger partial charge in [0.2, 0.25) is 5.95 Å². The summed E-state index contributed by atoms with van der Waals surface area (Å²) >= 11 is 1.56. The zero-order valence-electron chi connectivity index (χ0n) is 15.4. The SMILES string of the molecule is Cn1c(=O)c2c(nc(N/N=C/c3cccs3)n2Cc2ccccc2)n(C)c1=O. The number of hydrazone groups is 1. The molecule has 0 bridgehead atoms. The first kappa shape index (κ1) is 17.9. The largest absolute Gasteiger partial charge is 0.332 e. The van der Waals surface area contributed by atoms with Crippen molar-refractivity contribution in [3.05, 3.63) is 79.1 Å². The van der Waals surface area contributed by atoms with E-state index < -0.39 is 11.2 Å². The number of rotatable bonds is 5. The smallest absolute Gasteiger partial charge is 0.298 e. The Kier molecular flexibility index (Phi) is 4.66. The van der Waals surface area contributed by atoms with Crippen LogP contribution in [0, 0.1) is 0 Å². The van der Waals surface area contributed by atoms with Gasteiger partial charge in [-0.3, -0.25) is 18.5 Å². The Hall–Kier alpha value is -3.46. The van der Waals surface area contributed by atoms with Crippen LogP contribution >= 0.6 is 11.3 Å². The third-order valence-corrected chi connectivity index (χ3v) is 5.24. The van der Waals surface area contributed by atoms with Gasteiger partial charge in [0, 0.05) is 19.0 Å². The maximum atomic E-state index is 12.8. The van der Waals surface area contributed by atoms with Crippen LogP contribution in [0.5, 0.6) is 0 Å². The number of imidazole rings is 1. The van der Waals surface area contributed by atoms with Crippen molar-refractivity contribution in [3.8, 4) is 0 Å². The molecule has 0 unspecified atom stereocenters. The fourth-order valence-electron chi connectivity index (χ4n) is 2.97. The van der Waals surface area contributed by atoms with Gasteiger partial charge in [0.1, 0.15) is 0 Å². The monoisotopic (exact) mass is 394 g/mol. The number of benzene rings is 1. The van der Waals surface area contributed by atoms with E-state index in [0.717, 1.165) is 15.0 Å². The van der Waals surface area contributed by atoms with Crippen molar-refractivity contribution in [2.75, 3.05) is 5.43 Å². The molecule has 0 spiro atoms. The Labute approximate surface area is 164 Å². The van der Waals surface area contributed by atoms with Gasteiger partial charge >= 0.3 is 5.69 Å². The van der Waals surface area contributed by atoms with Gasteiger partial charge < -0.3 is 0 Å². The number of nitrogens with one attached hydrogen (secondary N) is 1. The van der Waals surface area contributed by atoms with E-state index in [4.69, 9.17) is 0 Å². The summed E-state index contributed by atoms with van der Waals surface area (Å²) in [5, 5.41) is 6.21. The standard InChI is InChI=1S/C19H18N6O2S/c1-23-16-15(17(26)24(2)19(23)27)25(12-13-7-4-3-5-8-13)18(21-16)22-20-11-14-9-6-10-28-14/h3-11H,12H2,1-2H3,(H,21,22)/b20-11+. The second kappa shape index (κ2) is 7.28. The topological polar surface area (TPSA) is 86.2 Å². The molecule has 142 valence electrons. The number of hydrogen-bond acceptors (Lipinski definition) is 6. The quantitative estimate of drug-likeness (QED) is 0.414. The summed E-state index contributed by atoms with van der Waals surface area (Å²) in [6.07, 6.45) is 1.69. The molecule has 28 heavy (non-hydrogen) atoms. The summed E-state index contributed by atoms with van der Waals surface area (Å²) < 4.78 is 4.20. The minimum Gasteiger partial charge on any atom is -0.298 e. The highest BCUT2D eigenvalue weighted by Crippen LogP contribution is 2.18. The van der Waals surface area contributed by atoms with Crippen molar-refractivity contribution >= 4 is 34.7 Å². The molecule has 0 aliphatic rings. The lowest BCUT2D eigenvalue weighted by Crippen LogP contribution is -2.37. The Morgan fingerprint density at radius 2 is 1.89 bits per heavy atom. The van der Waals surface area contributed by atoms with Gasteiger partial charge in [-0.1, -0.05) is 36.4 Å². The second-order valence-electron chi connectivity index (χ2n) is 6.27. The summed E-state index contributed by atoms with van der Waals surface area (Å²) in [5.74, 6) is 0.393. The zero-order valence-corrected chi connectivity index (χ0v) is 16.2. The summed E-state index contributed by atoms with van der Waals surface area (Å²) in [6, 6.07) is 13.6. The lowest BCUT2D eigenvalue weighted by Gasteiger charge is -2.09. The number of aryl methyl sites for hydroxylation is 1. The van der Waals surface area contributed by atoms with Crippen LogP contribution in [0.3, 0.4) is 0 Å². The van der Waals surface area contributed by atoms with Crippen LogP contribution in [0.15, 0.2) is 62.5 Å². The van der Waals surface area contributed by atoms with Crippen LogP contribution < -0.4 is 16.7 Å². The van der Waals surface area contributed by atoms with Crippen LogP contribution in [-0.4, -0.2) is 24.9 Å². The highest BCUT2D eigenvalue weighted by atomic mass is 32.1. The lowest BCUT2D eigenvalue weighted by atomic mass is 10.2. The van der Waals surface area contributed by atoms with Gasteiger partial charge in [-0.05, 0) is 17.0 Å². The molecule has 9 heteroatoms. The van der Waals surface area contributed by atoms with Gasteiger partial charge in [-0.25, -0.2) is 10.2 Å². The van der Waals surface area contributed by atoms with E-state index in [2.05, 4.69) is 15.5 Å². The molecule has 4 aromatic rings. The zero-order chi connectivity index (χ0) is 19.7. The van der Waals surface area contributed by atoms with E-state index in [-0.39, 0.29) is 0 Å². The molecule has 0 saturated carbocycles. The van der Waals surface area contributed by atoms with Crippen molar-refractivity contribution in [1.82, 2.24) is 18.7 Å². The molecule has 0 radical (unpaired) electrons. The van der Waals surface area contributed by atoms with E-state index in [1.807, 2.05) is 47.8 Å². The molecule has 0 aliphatic carbocycles. The van der Waals surface area contributed by atoms with Crippen LogP contribution in [0.1, 0.15) is 10.4 Å². The van der Waals surface area contributed by atoms with Crippen molar-refractivity contribution in [3.63, 3.8) is 0 Å². The highest BCUT2D eigenvalue weighted by molar-refractivity contribution is 7.11. The first-order valence-electron chi connectivity index (χ1n) is 8.59. The predicted octanol–water partition coefficient (Wildman–Crippen LogP) is 1.99. The molecule has 4 rings (SSSR count). The van der Waals surface area contributed by atoms with Crippen LogP contribution in [0.25, 0.3) is 11.2 Å². The van der Waals surface area contributed by atoms with Gasteiger partial charge in [0.05, 0.1) is 12.8 Å². The van der Waals surface area contributed by atoms with E-state index in [0.29, 0.717) is 23.7 Å². The summed E-state index contributed by atoms with van der Waals surface area (Å²) in [4.78, 5) is 30.6. The average Bonchev–Trinajstić information content (AvgIpc) is 3.34. The third kappa shape index (κ3) is 3.16. The van der Waals surface area contributed by atoms with Crippen molar-refractivity contribution in [1.29, 1.82) is 0 Å². The lowest BCUT2D eigenvalue weighted by molar-refractivity contribution is 0.702. The number of fused-ring (bicyclic) bond motifs is 1. The molecule has 8 nitrogen and oxygen atoms in total. The Morgan fingerprint density at radius 3 is 2.61 bits per heavy atom. The molecule has 3 heterocycles. The van der Waals surface area contributed by atoms with Crippen LogP contribution in [-0.2, 0) is 20.6 Å². The van der Waals surface area contributed by atoms with E-state index in [1.165, 1.54) is 11.6 Å². The van der Waals surface area contributed by atoms with Gasteiger partial charge in [0.15, 0.2) is 11.2 Å².